The lowest BCUT2D eigenvalue weighted by Gasteiger charge is -2.05. The molecule has 0 aromatic heterocycles. The van der Waals surface area contributed by atoms with Crippen molar-refractivity contribution in [3.8, 4) is 0 Å². The third-order valence-corrected chi connectivity index (χ3v) is 6.13. The fourth-order valence-corrected chi connectivity index (χ4v) is 3.28. The van der Waals surface area contributed by atoms with Crippen LogP contribution >= 0.6 is 55.3 Å². The number of anilines is 2. The number of carbonyl (C=O) groups excluding carboxylic acids is 4. The van der Waals surface area contributed by atoms with Gasteiger partial charge in [0.25, 0.3) is 0 Å². The molecule has 1 fully saturated rings. The molecule has 2 amide bonds. The van der Waals surface area contributed by atoms with Crippen molar-refractivity contribution in [2.45, 2.75) is 12.8 Å². The van der Waals surface area contributed by atoms with Crippen LogP contribution in [-0.4, -0.2) is 41.9 Å². The van der Waals surface area contributed by atoms with Gasteiger partial charge < -0.3 is 20.9 Å². The van der Waals surface area contributed by atoms with Crippen molar-refractivity contribution < 1.29 is 28.7 Å². The molecule has 178 valence electrons. The highest BCUT2D eigenvalue weighted by Gasteiger charge is 2.26. The molecule has 9 nitrogen and oxygen atoms in total. The Morgan fingerprint density at radius 3 is 1.82 bits per heavy atom. The summed E-state index contributed by atoms with van der Waals surface area (Å²) in [6.45, 7) is 0. The van der Waals surface area contributed by atoms with Gasteiger partial charge in [-0.05, 0) is 46.3 Å². The number of nitrogens with zero attached hydrogens (tertiary/aromatic N) is 1. The predicted molar refractivity (Wildman–Crippen MR) is 132 cm³/mol. The van der Waals surface area contributed by atoms with Crippen molar-refractivity contribution in [3.05, 3.63) is 56.0 Å². The van der Waals surface area contributed by atoms with Crippen molar-refractivity contribution in [2.24, 2.45) is 0 Å². The van der Waals surface area contributed by atoms with Gasteiger partial charge in [-0.2, -0.15) is 0 Å². The number of halogens is 4. The zero-order valence-electron chi connectivity index (χ0n) is 17.4. The highest BCUT2D eigenvalue weighted by molar-refractivity contribution is 9.10. The third kappa shape index (κ3) is 8.50. The van der Waals surface area contributed by atoms with Gasteiger partial charge in [-0.15, -0.1) is 0 Å². The average Bonchev–Trinajstić information content (AvgIpc) is 3.07. The van der Waals surface area contributed by atoms with Crippen molar-refractivity contribution in [1.29, 1.82) is 0 Å². The first-order chi connectivity index (χ1) is 15.4. The second-order valence-corrected chi connectivity index (χ2v) is 8.54. The number of ether oxygens (including phenoxy) is 2. The molecule has 13 heteroatoms. The van der Waals surface area contributed by atoms with E-state index in [1.54, 1.807) is 6.07 Å². The Balaban J connectivity index is 0.000000254. The van der Waals surface area contributed by atoms with E-state index in [1.165, 1.54) is 38.5 Å². The van der Waals surface area contributed by atoms with Crippen LogP contribution in [0.2, 0.25) is 10.0 Å². The number of amides is 2. The van der Waals surface area contributed by atoms with E-state index in [0.717, 1.165) is 3.93 Å². The summed E-state index contributed by atoms with van der Waals surface area (Å²) in [6, 6.07) is 7.66. The minimum absolute atomic E-state index is 0.144. The van der Waals surface area contributed by atoms with Gasteiger partial charge in [0.05, 0.1) is 46.5 Å². The number of nitrogens with two attached hydrogens (primary N) is 2. The topological polar surface area (TPSA) is 142 Å². The van der Waals surface area contributed by atoms with Crippen LogP contribution in [0.25, 0.3) is 0 Å². The van der Waals surface area contributed by atoms with Gasteiger partial charge in [-0.1, -0.05) is 23.2 Å². The molecule has 2 aromatic carbocycles. The highest BCUT2D eigenvalue weighted by atomic mass is 79.9. The summed E-state index contributed by atoms with van der Waals surface area (Å²) >= 11 is 17.4. The largest absolute Gasteiger partial charge is 0.465 e. The van der Waals surface area contributed by atoms with E-state index in [-0.39, 0.29) is 11.8 Å². The van der Waals surface area contributed by atoms with Crippen LogP contribution in [0.5, 0.6) is 0 Å². The molecule has 3 rings (SSSR count). The van der Waals surface area contributed by atoms with Crippen molar-refractivity contribution >= 4 is 90.4 Å². The first kappa shape index (κ1) is 28.7. The molecule has 1 saturated heterocycles. The Morgan fingerprint density at radius 2 is 1.39 bits per heavy atom. The number of carbonyl (C=O) groups is 4. The van der Waals surface area contributed by atoms with Crippen LogP contribution in [0.4, 0.5) is 11.4 Å². The monoisotopic (exact) mass is 625 g/mol. The standard InChI is InChI=1S/C8H7BrClNO2.C8H8ClNO2.C4H4BrNO2/c1-13-8(12)4-2-5(9)6(10)3-7(4)11;1-12-8(11)6-3-2-5(9)4-7(6)10;5-6-3(7)1-2-4(6)8/h2-3H,11H2,1H3;2-4H,10H2,1H3;1-2H2. The molecule has 4 N–H and O–H groups in total. The number of benzene rings is 2. The minimum atomic E-state index is -0.477. The fourth-order valence-electron chi connectivity index (χ4n) is 2.23. The number of esters is 2. The van der Waals surface area contributed by atoms with Gasteiger partial charge in [0.1, 0.15) is 0 Å². The third-order valence-electron chi connectivity index (χ3n) is 3.91. The Kier molecular flexibility index (Phi) is 11.6. The maximum absolute atomic E-state index is 11.1. The summed E-state index contributed by atoms with van der Waals surface area (Å²) in [4.78, 5) is 43.0. The van der Waals surface area contributed by atoms with Crippen LogP contribution in [0, 0.1) is 0 Å². The predicted octanol–water partition coefficient (Wildman–Crippen LogP) is 4.63. The number of imide groups is 1. The number of methoxy groups -OCH3 is 2. The van der Waals surface area contributed by atoms with Crippen molar-refractivity contribution in [2.75, 3.05) is 25.7 Å². The second kappa shape index (κ2) is 13.4. The molecule has 2 aromatic rings. The molecular formula is C20H19Br2Cl2N3O6. The number of hydrogen-bond donors (Lipinski definition) is 2. The molecule has 0 bridgehead atoms. The lowest BCUT2D eigenvalue weighted by molar-refractivity contribution is -0.131. The number of nitrogen functional groups attached to an aromatic ring is 2. The lowest BCUT2D eigenvalue weighted by atomic mass is 10.2. The molecule has 0 saturated carbocycles. The molecule has 33 heavy (non-hydrogen) atoms. The molecule has 0 spiro atoms. The normalized spacial score (nSPS) is 12.2. The van der Waals surface area contributed by atoms with Gasteiger partial charge in [-0.3, -0.25) is 9.59 Å². The summed E-state index contributed by atoms with van der Waals surface area (Å²) in [7, 11) is 2.60. The van der Waals surface area contributed by atoms with Crippen LogP contribution < -0.4 is 11.5 Å². The Hall–Kier alpha value is -2.34. The molecule has 0 atom stereocenters. The summed E-state index contributed by atoms with van der Waals surface area (Å²) < 4.78 is 10.6. The fraction of sp³-hybridized carbons (Fsp3) is 0.200. The van der Waals surface area contributed by atoms with Crippen molar-refractivity contribution in [1.82, 2.24) is 3.93 Å². The Bertz CT molecular complexity index is 1050. The zero-order chi connectivity index (χ0) is 25.3. The second-order valence-electron chi connectivity index (χ2n) is 6.14. The molecule has 1 aliphatic rings. The molecule has 0 unspecified atom stereocenters. The molecule has 1 heterocycles. The molecule has 0 aliphatic carbocycles. The van der Waals surface area contributed by atoms with E-state index >= 15 is 0 Å². The smallest absolute Gasteiger partial charge is 0.339 e. The first-order valence-electron chi connectivity index (χ1n) is 8.90. The number of hydrogen-bond acceptors (Lipinski definition) is 8. The zero-order valence-corrected chi connectivity index (χ0v) is 22.0. The van der Waals surface area contributed by atoms with E-state index in [9.17, 15) is 19.2 Å². The number of rotatable bonds is 2. The lowest BCUT2D eigenvalue weighted by Crippen LogP contribution is -2.16. The van der Waals surface area contributed by atoms with Gasteiger partial charge in [-0.25, -0.2) is 13.5 Å². The average molecular weight is 628 g/mol. The van der Waals surface area contributed by atoms with Gasteiger partial charge in [0.2, 0.25) is 11.8 Å². The van der Waals surface area contributed by atoms with Crippen LogP contribution in [0.3, 0.4) is 0 Å². The van der Waals surface area contributed by atoms with Gasteiger partial charge >= 0.3 is 11.9 Å². The summed E-state index contributed by atoms with van der Waals surface area (Å²) in [5.74, 6) is -1.22. The summed E-state index contributed by atoms with van der Waals surface area (Å²) in [5.41, 5.74) is 12.3. The van der Waals surface area contributed by atoms with E-state index in [1.807, 2.05) is 0 Å². The SMILES string of the molecule is COC(=O)c1cc(Br)c(Cl)cc1N.COC(=O)c1ccc(Cl)cc1N.O=C1CCC(=O)N1Br. The minimum Gasteiger partial charge on any atom is -0.465 e. The molecule has 0 radical (unpaired) electrons. The van der Waals surface area contributed by atoms with E-state index in [4.69, 9.17) is 34.7 Å². The van der Waals surface area contributed by atoms with Crippen LogP contribution in [0.15, 0.2) is 34.8 Å². The quantitative estimate of drug-likeness (QED) is 0.213. The van der Waals surface area contributed by atoms with E-state index in [2.05, 4.69) is 41.6 Å². The van der Waals surface area contributed by atoms with Crippen LogP contribution in [-0.2, 0) is 19.1 Å². The van der Waals surface area contributed by atoms with Gasteiger partial charge in [0.15, 0.2) is 0 Å². The van der Waals surface area contributed by atoms with E-state index < -0.39 is 11.9 Å². The molecule has 1 aliphatic heterocycles. The van der Waals surface area contributed by atoms with Crippen molar-refractivity contribution in [3.63, 3.8) is 0 Å². The summed E-state index contributed by atoms with van der Waals surface area (Å²) in [6.07, 6.45) is 0.703. The van der Waals surface area contributed by atoms with E-state index in [0.29, 0.717) is 49.9 Å². The first-order valence-corrected chi connectivity index (χ1v) is 11.2. The maximum atomic E-state index is 11.1. The van der Waals surface area contributed by atoms with Gasteiger partial charge in [0, 0.05) is 33.7 Å². The summed E-state index contributed by atoms with van der Waals surface area (Å²) in [5, 5.41) is 0.963. The Morgan fingerprint density at radius 1 is 0.909 bits per heavy atom. The van der Waals surface area contributed by atoms with Crippen LogP contribution in [0.1, 0.15) is 33.6 Å². The molecular weight excluding hydrogens is 609 g/mol. The highest BCUT2D eigenvalue weighted by Crippen LogP contribution is 2.28. The maximum Gasteiger partial charge on any atom is 0.339 e. The Labute approximate surface area is 216 Å².